The highest BCUT2D eigenvalue weighted by Gasteiger charge is 2.26. The molecule has 1 amide bonds. The van der Waals surface area contributed by atoms with Gasteiger partial charge in [-0.25, -0.2) is 0 Å². The average Bonchev–Trinajstić information content (AvgIpc) is 2.44. The molecule has 4 nitrogen and oxygen atoms in total. The highest BCUT2D eigenvalue weighted by Crippen LogP contribution is 2.26. The average molecular weight is 262 g/mol. The highest BCUT2D eigenvalue weighted by atomic mass is 16.5. The smallest absolute Gasteiger partial charge is 0.227 e. The molecule has 1 aliphatic heterocycles. The molecule has 1 aromatic carbocycles. The van der Waals surface area contributed by atoms with Crippen molar-refractivity contribution in [1.29, 1.82) is 0 Å². The number of nitrogens with two attached hydrogens (primary N) is 1. The lowest BCUT2D eigenvalue weighted by Gasteiger charge is -2.25. The van der Waals surface area contributed by atoms with Gasteiger partial charge in [-0.1, -0.05) is 18.2 Å². The largest absolute Gasteiger partial charge is 0.492 e. The fourth-order valence-corrected chi connectivity index (χ4v) is 2.35. The molecule has 19 heavy (non-hydrogen) atoms. The van der Waals surface area contributed by atoms with Gasteiger partial charge in [0.2, 0.25) is 5.91 Å². The van der Waals surface area contributed by atoms with Gasteiger partial charge >= 0.3 is 0 Å². The third-order valence-corrected chi connectivity index (χ3v) is 3.48. The van der Waals surface area contributed by atoms with Crippen LogP contribution in [-0.2, 0) is 11.2 Å². The van der Waals surface area contributed by atoms with Crippen molar-refractivity contribution >= 4 is 5.91 Å². The maximum atomic E-state index is 12.2. The highest BCUT2D eigenvalue weighted by molar-refractivity contribution is 5.79. The zero-order valence-corrected chi connectivity index (χ0v) is 11.4. The van der Waals surface area contributed by atoms with Crippen molar-refractivity contribution in [1.82, 2.24) is 5.32 Å². The van der Waals surface area contributed by atoms with Gasteiger partial charge in [0.1, 0.15) is 12.4 Å². The summed E-state index contributed by atoms with van der Waals surface area (Å²) in [5, 5.41) is 3.04. The number of para-hydroxylation sites is 1. The van der Waals surface area contributed by atoms with Crippen molar-refractivity contribution in [2.75, 3.05) is 13.2 Å². The SMILES string of the molecule is CC(CCCN)NC(=O)C1COc2ccccc2C1. The molecule has 0 bridgehead atoms. The van der Waals surface area contributed by atoms with Gasteiger partial charge in [0.15, 0.2) is 0 Å². The van der Waals surface area contributed by atoms with Crippen molar-refractivity contribution in [3.8, 4) is 5.75 Å². The van der Waals surface area contributed by atoms with Gasteiger partial charge in [-0.15, -0.1) is 0 Å². The number of nitrogens with one attached hydrogen (secondary N) is 1. The quantitative estimate of drug-likeness (QED) is 0.845. The molecule has 0 aliphatic carbocycles. The molecule has 2 unspecified atom stereocenters. The zero-order chi connectivity index (χ0) is 13.7. The van der Waals surface area contributed by atoms with Crippen LogP contribution in [0.4, 0.5) is 0 Å². The summed E-state index contributed by atoms with van der Waals surface area (Å²) >= 11 is 0. The predicted molar refractivity (Wildman–Crippen MR) is 75.0 cm³/mol. The standard InChI is InChI=1S/C15H22N2O2/c1-11(5-4-8-16)17-15(18)13-9-12-6-2-3-7-14(12)19-10-13/h2-3,6-7,11,13H,4-5,8-10,16H2,1H3,(H,17,18). The van der Waals surface area contributed by atoms with Gasteiger partial charge in [-0.05, 0) is 44.4 Å². The Hall–Kier alpha value is -1.55. The Morgan fingerprint density at radius 2 is 2.32 bits per heavy atom. The van der Waals surface area contributed by atoms with E-state index in [1.165, 1.54) is 0 Å². The van der Waals surface area contributed by atoms with E-state index in [1.54, 1.807) is 0 Å². The lowest BCUT2D eigenvalue weighted by molar-refractivity contribution is -0.126. The maximum Gasteiger partial charge on any atom is 0.227 e. The van der Waals surface area contributed by atoms with Crippen LogP contribution in [0.15, 0.2) is 24.3 Å². The van der Waals surface area contributed by atoms with Crippen molar-refractivity contribution in [2.24, 2.45) is 11.7 Å². The number of hydrogen-bond donors (Lipinski definition) is 2. The normalized spacial score (nSPS) is 19.2. The number of carbonyl (C=O) groups excluding carboxylic acids is 1. The zero-order valence-electron chi connectivity index (χ0n) is 11.4. The summed E-state index contributed by atoms with van der Waals surface area (Å²) in [7, 11) is 0. The number of fused-ring (bicyclic) bond motifs is 1. The summed E-state index contributed by atoms with van der Waals surface area (Å²) < 4.78 is 5.64. The first-order valence-corrected chi connectivity index (χ1v) is 6.92. The lowest BCUT2D eigenvalue weighted by Crippen LogP contribution is -2.41. The second-order valence-corrected chi connectivity index (χ2v) is 5.16. The summed E-state index contributed by atoms with van der Waals surface area (Å²) in [6, 6.07) is 8.08. The first-order chi connectivity index (χ1) is 9.20. The van der Waals surface area contributed by atoms with Gasteiger partial charge in [0.25, 0.3) is 0 Å². The third-order valence-electron chi connectivity index (χ3n) is 3.48. The Morgan fingerprint density at radius 1 is 1.53 bits per heavy atom. The molecule has 2 atom stereocenters. The molecule has 2 rings (SSSR count). The second kappa shape index (κ2) is 6.57. The Labute approximate surface area is 114 Å². The van der Waals surface area contributed by atoms with Crippen LogP contribution in [0.3, 0.4) is 0 Å². The Morgan fingerprint density at radius 3 is 3.11 bits per heavy atom. The van der Waals surface area contributed by atoms with E-state index >= 15 is 0 Å². The van der Waals surface area contributed by atoms with Gasteiger partial charge in [-0.3, -0.25) is 4.79 Å². The number of rotatable bonds is 5. The van der Waals surface area contributed by atoms with E-state index in [-0.39, 0.29) is 17.9 Å². The number of carbonyl (C=O) groups is 1. The lowest BCUT2D eigenvalue weighted by atomic mass is 9.95. The minimum atomic E-state index is -0.0878. The molecule has 0 radical (unpaired) electrons. The molecule has 0 aromatic heterocycles. The monoisotopic (exact) mass is 262 g/mol. The van der Waals surface area contributed by atoms with Crippen LogP contribution in [0, 0.1) is 5.92 Å². The maximum absolute atomic E-state index is 12.2. The molecule has 0 fully saturated rings. The van der Waals surface area contributed by atoms with E-state index in [1.807, 2.05) is 31.2 Å². The van der Waals surface area contributed by atoms with E-state index in [0.29, 0.717) is 13.2 Å². The Balaban J connectivity index is 1.88. The molecule has 0 saturated carbocycles. The molecule has 0 spiro atoms. The molecular formula is C15H22N2O2. The minimum Gasteiger partial charge on any atom is -0.492 e. The predicted octanol–water partition coefficient (Wildman–Crippen LogP) is 1.48. The number of amides is 1. The Bertz CT molecular complexity index is 434. The molecule has 1 heterocycles. The van der Waals surface area contributed by atoms with Crippen LogP contribution in [0.5, 0.6) is 5.75 Å². The molecule has 0 saturated heterocycles. The van der Waals surface area contributed by atoms with Crippen LogP contribution in [0.25, 0.3) is 0 Å². The molecule has 4 heteroatoms. The minimum absolute atomic E-state index is 0.0824. The van der Waals surface area contributed by atoms with Crippen LogP contribution < -0.4 is 15.8 Å². The second-order valence-electron chi connectivity index (χ2n) is 5.16. The van der Waals surface area contributed by atoms with Crippen LogP contribution in [-0.4, -0.2) is 25.1 Å². The summed E-state index contributed by atoms with van der Waals surface area (Å²) in [6.45, 7) is 3.15. The molecule has 1 aromatic rings. The van der Waals surface area contributed by atoms with E-state index in [4.69, 9.17) is 10.5 Å². The van der Waals surface area contributed by atoms with Gasteiger partial charge in [-0.2, -0.15) is 0 Å². The van der Waals surface area contributed by atoms with Crippen LogP contribution in [0.1, 0.15) is 25.3 Å². The van der Waals surface area contributed by atoms with Gasteiger partial charge in [0, 0.05) is 6.04 Å². The number of benzene rings is 1. The first kappa shape index (κ1) is 13.9. The molecule has 104 valence electrons. The van der Waals surface area contributed by atoms with Crippen molar-refractivity contribution < 1.29 is 9.53 Å². The summed E-state index contributed by atoms with van der Waals surface area (Å²) in [5.74, 6) is 0.900. The molecule has 1 aliphatic rings. The fraction of sp³-hybridized carbons (Fsp3) is 0.533. The molecule has 3 N–H and O–H groups in total. The van der Waals surface area contributed by atoms with Crippen LogP contribution >= 0.6 is 0 Å². The van der Waals surface area contributed by atoms with Crippen molar-refractivity contribution in [2.45, 2.75) is 32.2 Å². The van der Waals surface area contributed by atoms with Gasteiger partial charge < -0.3 is 15.8 Å². The van der Waals surface area contributed by atoms with Crippen LogP contribution in [0.2, 0.25) is 0 Å². The van der Waals surface area contributed by atoms with Gasteiger partial charge in [0.05, 0.1) is 5.92 Å². The van der Waals surface area contributed by atoms with E-state index in [2.05, 4.69) is 5.32 Å². The fourth-order valence-electron chi connectivity index (χ4n) is 2.35. The summed E-state index contributed by atoms with van der Waals surface area (Å²) in [5.41, 5.74) is 6.59. The molecular weight excluding hydrogens is 240 g/mol. The topological polar surface area (TPSA) is 64.3 Å². The first-order valence-electron chi connectivity index (χ1n) is 6.92. The summed E-state index contributed by atoms with van der Waals surface area (Å²) in [4.78, 5) is 12.2. The van der Waals surface area contributed by atoms with E-state index in [0.717, 1.165) is 30.6 Å². The third kappa shape index (κ3) is 3.70. The van der Waals surface area contributed by atoms with E-state index < -0.39 is 0 Å². The van der Waals surface area contributed by atoms with E-state index in [9.17, 15) is 4.79 Å². The summed E-state index contributed by atoms with van der Waals surface area (Å²) in [6.07, 6.45) is 2.61. The van der Waals surface area contributed by atoms with Crippen molar-refractivity contribution in [3.63, 3.8) is 0 Å². The number of hydrogen-bond acceptors (Lipinski definition) is 3. The van der Waals surface area contributed by atoms with Crippen molar-refractivity contribution in [3.05, 3.63) is 29.8 Å². The Kier molecular flexibility index (Phi) is 4.80. The number of ether oxygens (including phenoxy) is 1.